The number of carbonyl (C=O) groups excluding carboxylic acids is 1. The first-order chi connectivity index (χ1) is 11.5. The molecule has 0 unspecified atom stereocenters. The van der Waals surface area contributed by atoms with Gasteiger partial charge in [0.05, 0.1) is 5.56 Å². The standard InChI is InChI=1S/C14H11NO9S/c16-7-4-9(12(18)11(5-7)25(22,23)24)13(19)15-6-1-2-10(17)8(3-6)14(20)21/h1-5,16-18H,(H,15,19)(H,20,21)(H,22,23,24). The summed E-state index contributed by atoms with van der Waals surface area (Å²) in [5.74, 6) is -4.91. The maximum Gasteiger partial charge on any atom is 0.339 e. The average molecular weight is 369 g/mol. The molecule has 0 saturated carbocycles. The van der Waals surface area contributed by atoms with Crippen LogP contribution < -0.4 is 5.32 Å². The fourth-order valence-electron chi connectivity index (χ4n) is 1.95. The van der Waals surface area contributed by atoms with Gasteiger partial charge in [-0.2, -0.15) is 8.42 Å². The fourth-order valence-corrected chi connectivity index (χ4v) is 2.57. The number of phenolic OH excluding ortho intramolecular Hbond substituents is 2. The van der Waals surface area contributed by atoms with E-state index in [-0.39, 0.29) is 5.69 Å². The van der Waals surface area contributed by atoms with Crippen LogP contribution in [0.15, 0.2) is 35.2 Å². The third-order valence-electron chi connectivity index (χ3n) is 3.07. The number of aromatic hydroxyl groups is 3. The van der Waals surface area contributed by atoms with Crippen LogP contribution >= 0.6 is 0 Å². The highest BCUT2D eigenvalue weighted by Crippen LogP contribution is 2.32. The molecule has 0 bridgehead atoms. The number of phenols is 3. The molecule has 0 aliphatic carbocycles. The van der Waals surface area contributed by atoms with Crippen molar-refractivity contribution >= 4 is 27.7 Å². The zero-order valence-electron chi connectivity index (χ0n) is 12.2. The van der Waals surface area contributed by atoms with Crippen LogP contribution in [-0.4, -0.2) is 45.3 Å². The van der Waals surface area contributed by atoms with E-state index >= 15 is 0 Å². The van der Waals surface area contributed by atoms with Crippen LogP contribution in [0.25, 0.3) is 0 Å². The molecule has 0 saturated heterocycles. The SMILES string of the molecule is O=C(O)c1cc(NC(=O)c2cc(O)cc(S(=O)(=O)O)c2O)ccc1O. The molecule has 25 heavy (non-hydrogen) atoms. The molecule has 10 nitrogen and oxygen atoms in total. The minimum atomic E-state index is -4.91. The van der Waals surface area contributed by atoms with Gasteiger partial charge in [-0.15, -0.1) is 0 Å². The Morgan fingerprint density at radius 2 is 1.60 bits per heavy atom. The molecule has 0 radical (unpaired) electrons. The molecule has 0 aromatic heterocycles. The Morgan fingerprint density at radius 3 is 2.16 bits per heavy atom. The van der Waals surface area contributed by atoms with Crippen molar-refractivity contribution < 1.29 is 43.0 Å². The molecule has 2 aromatic rings. The number of nitrogens with one attached hydrogen (secondary N) is 1. The van der Waals surface area contributed by atoms with E-state index in [9.17, 15) is 33.3 Å². The van der Waals surface area contributed by atoms with Gasteiger partial charge in [0, 0.05) is 11.8 Å². The largest absolute Gasteiger partial charge is 0.508 e. The minimum Gasteiger partial charge on any atom is -0.508 e. The molecule has 0 spiro atoms. The van der Waals surface area contributed by atoms with Gasteiger partial charge in [0.25, 0.3) is 16.0 Å². The number of benzene rings is 2. The predicted octanol–water partition coefficient (Wildman–Crippen LogP) is 1.00. The highest BCUT2D eigenvalue weighted by atomic mass is 32.2. The molecule has 2 aromatic carbocycles. The van der Waals surface area contributed by atoms with Crippen molar-refractivity contribution in [3.05, 3.63) is 41.5 Å². The molecule has 11 heteroatoms. The fraction of sp³-hybridized carbons (Fsp3) is 0. The van der Waals surface area contributed by atoms with Gasteiger partial charge in [-0.25, -0.2) is 4.79 Å². The molecule has 1 amide bonds. The Labute approximate surface area is 140 Å². The third-order valence-corrected chi connectivity index (χ3v) is 3.93. The monoisotopic (exact) mass is 369 g/mol. The lowest BCUT2D eigenvalue weighted by Crippen LogP contribution is -2.14. The highest BCUT2D eigenvalue weighted by Gasteiger charge is 2.24. The molecule has 2 rings (SSSR count). The Kier molecular flexibility index (Phi) is 4.54. The van der Waals surface area contributed by atoms with Crippen molar-refractivity contribution in [3.8, 4) is 17.2 Å². The van der Waals surface area contributed by atoms with Crippen LogP contribution in [-0.2, 0) is 10.1 Å². The van der Waals surface area contributed by atoms with Crippen LogP contribution in [0.4, 0.5) is 5.69 Å². The molecular weight excluding hydrogens is 358 g/mol. The van der Waals surface area contributed by atoms with Crippen LogP contribution in [0.1, 0.15) is 20.7 Å². The quantitative estimate of drug-likeness (QED) is 0.338. The van der Waals surface area contributed by atoms with E-state index in [4.69, 9.17) is 9.66 Å². The Bertz CT molecular complexity index is 982. The van der Waals surface area contributed by atoms with Gasteiger partial charge in [-0.05, 0) is 24.3 Å². The summed E-state index contributed by atoms with van der Waals surface area (Å²) >= 11 is 0. The number of rotatable bonds is 4. The first-order valence-corrected chi connectivity index (χ1v) is 7.86. The smallest absolute Gasteiger partial charge is 0.339 e. The second kappa shape index (κ2) is 6.30. The topological polar surface area (TPSA) is 181 Å². The Hall–Kier alpha value is -3.31. The maximum absolute atomic E-state index is 12.2. The van der Waals surface area contributed by atoms with Crippen LogP contribution in [0, 0.1) is 0 Å². The summed E-state index contributed by atoms with van der Waals surface area (Å²) in [4.78, 5) is 22.0. The van der Waals surface area contributed by atoms with Gasteiger partial charge >= 0.3 is 5.97 Å². The van der Waals surface area contributed by atoms with Gasteiger partial charge in [0.1, 0.15) is 27.7 Å². The van der Waals surface area contributed by atoms with Crippen LogP contribution in [0.2, 0.25) is 0 Å². The summed E-state index contributed by atoms with van der Waals surface area (Å²) in [6.07, 6.45) is 0. The van der Waals surface area contributed by atoms with Gasteiger partial charge in [-0.3, -0.25) is 9.35 Å². The van der Waals surface area contributed by atoms with Crippen molar-refractivity contribution in [1.82, 2.24) is 0 Å². The average Bonchev–Trinajstić information content (AvgIpc) is 2.49. The Morgan fingerprint density at radius 1 is 0.960 bits per heavy atom. The zero-order chi connectivity index (χ0) is 18.9. The van der Waals surface area contributed by atoms with Crippen molar-refractivity contribution in [1.29, 1.82) is 0 Å². The lowest BCUT2D eigenvalue weighted by molar-refractivity contribution is 0.0693. The number of anilines is 1. The van der Waals surface area contributed by atoms with E-state index in [1.54, 1.807) is 0 Å². The molecule has 0 atom stereocenters. The number of carboxylic acids is 1. The van der Waals surface area contributed by atoms with E-state index in [0.29, 0.717) is 6.07 Å². The molecule has 6 N–H and O–H groups in total. The van der Waals surface area contributed by atoms with E-state index in [2.05, 4.69) is 5.32 Å². The van der Waals surface area contributed by atoms with E-state index in [1.165, 1.54) is 0 Å². The summed E-state index contributed by atoms with van der Waals surface area (Å²) < 4.78 is 31.3. The maximum atomic E-state index is 12.2. The van der Waals surface area contributed by atoms with E-state index in [1.807, 2.05) is 0 Å². The van der Waals surface area contributed by atoms with E-state index < -0.39 is 55.3 Å². The van der Waals surface area contributed by atoms with Gasteiger partial charge < -0.3 is 25.7 Å². The zero-order valence-corrected chi connectivity index (χ0v) is 13.0. The third kappa shape index (κ3) is 3.79. The number of hydrogen-bond donors (Lipinski definition) is 6. The molecule has 0 aliphatic heterocycles. The van der Waals surface area contributed by atoms with Crippen molar-refractivity contribution in [2.24, 2.45) is 0 Å². The van der Waals surface area contributed by atoms with E-state index in [0.717, 1.165) is 24.3 Å². The van der Waals surface area contributed by atoms with Gasteiger partial charge in [0.2, 0.25) is 0 Å². The second-order valence-corrected chi connectivity index (χ2v) is 6.20. The minimum absolute atomic E-state index is 0.0867. The summed E-state index contributed by atoms with van der Waals surface area (Å²) in [5, 5.41) is 39.8. The van der Waals surface area contributed by atoms with Crippen molar-refractivity contribution in [2.45, 2.75) is 4.90 Å². The number of carboxylic acid groups (broad SMARTS) is 1. The number of hydrogen-bond acceptors (Lipinski definition) is 7. The normalized spacial score (nSPS) is 11.1. The number of carbonyl (C=O) groups is 2. The molecular formula is C14H11NO9S. The van der Waals surface area contributed by atoms with Gasteiger partial charge in [0.15, 0.2) is 0 Å². The van der Waals surface area contributed by atoms with Gasteiger partial charge in [-0.1, -0.05) is 0 Å². The summed E-state index contributed by atoms with van der Waals surface area (Å²) in [6, 6.07) is 4.38. The lowest BCUT2D eigenvalue weighted by Gasteiger charge is -2.11. The molecule has 0 heterocycles. The summed E-state index contributed by atoms with van der Waals surface area (Å²) in [6.45, 7) is 0. The molecule has 132 valence electrons. The summed E-state index contributed by atoms with van der Waals surface area (Å²) in [7, 11) is -4.91. The number of amides is 1. The predicted molar refractivity (Wildman–Crippen MR) is 82.6 cm³/mol. The lowest BCUT2D eigenvalue weighted by atomic mass is 10.1. The van der Waals surface area contributed by atoms with Crippen LogP contribution in [0.5, 0.6) is 17.2 Å². The van der Waals surface area contributed by atoms with Crippen molar-refractivity contribution in [2.75, 3.05) is 5.32 Å². The second-order valence-electron chi connectivity index (χ2n) is 4.81. The first-order valence-electron chi connectivity index (χ1n) is 6.42. The first kappa shape index (κ1) is 18.0. The summed E-state index contributed by atoms with van der Waals surface area (Å²) in [5.41, 5.74) is -1.27. The van der Waals surface area contributed by atoms with Crippen molar-refractivity contribution in [3.63, 3.8) is 0 Å². The molecule has 0 aliphatic rings. The Balaban J connectivity index is 2.45. The number of aromatic carboxylic acids is 1. The van der Waals surface area contributed by atoms with Crippen LogP contribution in [0.3, 0.4) is 0 Å². The molecule has 0 fully saturated rings. The highest BCUT2D eigenvalue weighted by molar-refractivity contribution is 7.86.